The van der Waals surface area contributed by atoms with Gasteiger partial charge in [0.25, 0.3) is 0 Å². The summed E-state index contributed by atoms with van der Waals surface area (Å²) >= 11 is 0. The van der Waals surface area contributed by atoms with Gasteiger partial charge in [-0.3, -0.25) is 4.79 Å². The quantitative estimate of drug-likeness (QED) is 0.0272. The second-order valence-corrected chi connectivity index (χ2v) is 14.0. The molecule has 6 N–H and O–H groups in total. The zero-order valence-electron chi connectivity index (χ0n) is 30.8. The number of allylic oxidation sites excluding steroid dienone is 2. The molecule has 6 nitrogen and oxygen atoms in total. The number of esters is 2. The van der Waals surface area contributed by atoms with E-state index in [1.807, 2.05) is 0 Å². The summed E-state index contributed by atoms with van der Waals surface area (Å²) in [6.07, 6.45) is 43.0. The summed E-state index contributed by atoms with van der Waals surface area (Å²) in [5, 5.41) is 0. The van der Waals surface area contributed by atoms with Crippen LogP contribution in [0.1, 0.15) is 206 Å². The summed E-state index contributed by atoms with van der Waals surface area (Å²) in [5.41, 5.74) is 18.0. The van der Waals surface area contributed by atoms with Crippen LogP contribution in [0.3, 0.4) is 0 Å². The van der Waals surface area contributed by atoms with Crippen molar-refractivity contribution in [1.82, 2.24) is 0 Å². The molecule has 0 heterocycles. The minimum absolute atomic E-state index is 0.172. The monoisotopic (exact) mass is 650 g/mol. The molecule has 0 aromatic rings. The van der Waals surface area contributed by atoms with E-state index in [0.717, 1.165) is 19.3 Å². The highest BCUT2D eigenvalue weighted by molar-refractivity contribution is 5.89. The largest absolute Gasteiger partial charge is 0.391 e. The number of ether oxygens (including phenoxy) is 1. The van der Waals surface area contributed by atoms with Gasteiger partial charge in [-0.05, 0) is 50.9 Å². The van der Waals surface area contributed by atoms with Crippen LogP contribution in [0, 0.1) is 5.92 Å². The van der Waals surface area contributed by atoms with Crippen molar-refractivity contribution in [3.05, 3.63) is 12.2 Å². The molecule has 0 aliphatic heterocycles. The molecule has 0 amide bonds. The number of unbranched alkanes of at least 4 members (excludes halogenated alkanes) is 24. The van der Waals surface area contributed by atoms with Crippen molar-refractivity contribution in [1.29, 1.82) is 0 Å². The minimum atomic E-state index is -0.890. The van der Waals surface area contributed by atoms with Gasteiger partial charge >= 0.3 is 11.9 Å². The Kier molecular flexibility index (Phi) is 34.1. The van der Waals surface area contributed by atoms with Gasteiger partial charge in [0, 0.05) is 6.04 Å². The van der Waals surface area contributed by atoms with Gasteiger partial charge in [0.2, 0.25) is 0 Å². The number of carbonyl (C=O) groups is 2. The van der Waals surface area contributed by atoms with E-state index in [1.165, 1.54) is 167 Å². The number of nitrogens with two attached hydrogens (primary N) is 3. The summed E-state index contributed by atoms with van der Waals surface area (Å²) in [5.74, 6) is -1.13. The second kappa shape index (κ2) is 35.1. The first-order valence-corrected chi connectivity index (χ1v) is 20.1. The van der Waals surface area contributed by atoms with Crippen LogP contribution in [0.25, 0.3) is 0 Å². The molecule has 0 rings (SSSR count). The normalized spacial score (nSPS) is 13.7. The molecule has 46 heavy (non-hydrogen) atoms. The van der Waals surface area contributed by atoms with Crippen LogP contribution in [-0.2, 0) is 14.3 Å². The average Bonchev–Trinajstić information content (AvgIpc) is 3.05. The van der Waals surface area contributed by atoms with Crippen molar-refractivity contribution in [3.8, 4) is 0 Å². The molecule has 0 bridgehead atoms. The molecule has 0 spiro atoms. The van der Waals surface area contributed by atoms with Crippen molar-refractivity contribution >= 4 is 11.9 Å². The van der Waals surface area contributed by atoms with Gasteiger partial charge in [0.1, 0.15) is 6.04 Å². The first-order valence-electron chi connectivity index (χ1n) is 20.1. The molecule has 0 saturated heterocycles. The smallest absolute Gasteiger partial charge is 0.330 e. The van der Waals surface area contributed by atoms with Gasteiger partial charge in [-0.2, -0.15) is 0 Å². The van der Waals surface area contributed by atoms with E-state index in [1.54, 1.807) is 0 Å². The van der Waals surface area contributed by atoms with Gasteiger partial charge in [-0.25, -0.2) is 4.79 Å². The van der Waals surface area contributed by atoms with Crippen molar-refractivity contribution < 1.29 is 14.3 Å². The molecule has 0 aromatic heterocycles. The Hall–Kier alpha value is -1.24. The molecule has 0 aliphatic rings. The van der Waals surface area contributed by atoms with E-state index < -0.39 is 18.0 Å². The van der Waals surface area contributed by atoms with E-state index in [4.69, 9.17) is 21.9 Å². The number of carbonyl (C=O) groups excluding carboxylic acids is 2. The zero-order chi connectivity index (χ0) is 33.9. The van der Waals surface area contributed by atoms with Crippen LogP contribution in [0.4, 0.5) is 0 Å². The van der Waals surface area contributed by atoms with Crippen LogP contribution in [0.2, 0.25) is 0 Å². The van der Waals surface area contributed by atoms with E-state index in [0.29, 0.717) is 12.3 Å². The molecule has 0 aromatic carbocycles. The summed E-state index contributed by atoms with van der Waals surface area (Å²) in [4.78, 5) is 23.6. The fourth-order valence-electron chi connectivity index (χ4n) is 6.46. The molecule has 0 saturated carbocycles. The van der Waals surface area contributed by atoms with Gasteiger partial charge in [-0.15, -0.1) is 0 Å². The maximum Gasteiger partial charge on any atom is 0.330 e. The molecule has 0 aliphatic carbocycles. The predicted molar refractivity (Wildman–Crippen MR) is 199 cm³/mol. The van der Waals surface area contributed by atoms with Crippen LogP contribution < -0.4 is 17.2 Å². The highest BCUT2D eigenvalue weighted by atomic mass is 16.6. The Morgan fingerprint density at radius 2 is 0.891 bits per heavy atom. The first kappa shape index (κ1) is 44.8. The lowest BCUT2D eigenvalue weighted by atomic mass is 9.85. The lowest BCUT2D eigenvalue weighted by Gasteiger charge is -2.26. The molecular weight excluding hydrogens is 570 g/mol. The third-order valence-corrected chi connectivity index (χ3v) is 9.58. The van der Waals surface area contributed by atoms with Crippen LogP contribution in [0.15, 0.2) is 12.2 Å². The molecule has 0 radical (unpaired) electrons. The molecule has 0 fully saturated rings. The lowest BCUT2D eigenvalue weighted by molar-refractivity contribution is -0.159. The van der Waals surface area contributed by atoms with Gasteiger partial charge in [-0.1, -0.05) is 174 Å². The first-order chi connectivity index (χ1) is 22.5. The van der Waals surface area contributed by atoms with Crippen molar-refractivity contribution in [2.45, 2.75) is 219 Å². The van der Waals surface area contributed by atoms with E-state index >= 15 is 0 Å². The Bertz CT molecular complexity index is 699. The topological polar surface area (TPSA) is 121 Å². The van der Waals surface area contributed by atoms with E-state index in [2.05, 4.69) is 26.0 Å². The summed E-state index contributed by atoms with van der Waals surface area (Å²) in [7, 11) is 0. The van der Waals surface area contributed by atoms with E-state index in [-0.39, 0.29) is 12.6 Å². The number of hydrogen-bond donors (Lipinski definition) is 3. The summed E-state index contributed by atoms with van der Waals surface area (Å²) < 4.78 is 4.73. The standard InChI is InChI=1S/C40H79N3O3/c1-3-5-7-9-11-13-15-17-19-21-23-25-27-29-31-33-36(37(42)34-38(43)40(45)46-39(44)35-41)32-30-28-26-24-22-20-18-16-14-12-10-8-6-4-2/h17,19,36-38H,3-16,18,20-35,41-43H2,1-2H3/b19-17-. The fourth-order valence-corrected chi connectivity index (χ4v) is 6.46. The Morgan fingerprint density at radius 1 is 0.543 bits per heavy atom. The van der Waals surface area contributed by atoms with Gasteiger partial charge < -0.3 is 21.9 Å². The maximum absolute atomic E-state index is 12.2. The Labute approximate surface area is 286 Å². The third kappa shape index (κ3) is 30.1. The van der Waals surface area contributed by atoms with E-state index in [9.17, 15) is 9.59 Å². The fraction of sp³-hybridized carbons (Fsp3) is 0.900. The highest BCUT2D eigenvalue weighted by Gasteiger charge is 2.25. The van der Waals surface area contributed by atoms with Crippen molar-refractivity contribution in [2.75, 3.05) is 6.54 Å². The molecule has 6 heteroatoms. The van der Waals surface area contributed by atoms with Crippen molar-refractivity contribution in [3.63, 3.8) is 0 Å². The van der Waals surface area contributed by atoms with Crippen LogP contribution in [0.5, 0.6) is 0 Å². The molecule has 3 unspecified atom stereocenters. The molecule has 272 valence electrons. The Balaban J connectivity index is 4.25. The lowest BCUT2D eigenvalue weighted by Crippen LogP contribution is -2.42. The predicted octanol–water partition coefficient (Wildman–Crippen LogP) is 10.6. The van der Waals surface area contributed by atoms with Crippen LogP contribution in [-0.4, -0.2) is 30.6 Å². The highest BCUT2D eigenvalue weighted by Crippen LogP contribution is 2.24. The maximum atomic E-state index is 12.2. The molecule has 3 atom stereocenters. The summed E-state index contributed by atoms with van der Waals surface area (Å²) in [6, 6.07) is -1.06. The zero-order valence-corrected chi connectivity index (χ0v) is 30.8. The van der Waals surface area contributed by atoms with Crippen molar-refractivity contribution in [2.24, 2.45) is 23.1 Å². The number of hydrogen-bond acceptors (Lipinski definition) is 6. The average molecular weight is 650 g/mol. The second-order valence-electron chi connectivity index (χ2n) is 14.0. The third-order valence-electron chi connectivity index (χ3n) is 9.58. The summed E-state index contributed by atoms with van der Waals surface area (Å²) in [6.45, 7) is 4.22. The molecular formula is C40H79N3O3. The van der Waals surface area contributed by atoms with Gasteiger partial charge in [0.15, 0.2) is 0 Å². The van der Waals surface area contributed by atoms with Gasteiger partial charge in [0.05, 0.1) is 6.54 Å². The minimum Gasteiger partial charge on any atom is -0.391 e. The number of rotatable bonds is 35. The Morgan fingerprint density at radius 3 is 1.26 bits per heavy atom. The van der Waals surface area contributed by atoms with Crippen LogP contribution >= 0.6 is 0 Å². The SMILES string of the molecule is CCCCCCCC/C=C\CCCCCCCC(CCCCCCCCCCCCCCCC)C(N)CC(N)C(=O)OC(=O)CN.